The van der Waals surface area contributed by atoms with Gasteiger partial charge < -0.3 is 28.6 Å². The molecule has 15 heteroatoms. The van der Waals surface area contributed by atoms with Gasteiger partial charge in [0, 0.05) is 51.5 Å². The van der Waals surface area contributed by atoms with Crippen molar-refractivity contribution in [1.29, 1.82) is 0 Å². The van der Waals surface area contributed by atoms with Crippen molar-refractivity contribution in [3.8, 4) is 34.0 Å². The zero-order valence-electron chi connectivity index (χ0n) is 26.7. The summed E-state index contributed by atoms with van der Waals surface area (Å²) in [5, 5.41) is 12.1. The van der Waals surface area contributed by atoms with Gasteiger partial charge in [0.25, 0.3) is 0 Å². The number of hydrogen-bond donors (Lipinski definition) is 1. The number of piperidine rings is 1. The maximum absolute atomic E-state index is 12.9. The number of hydrogen-bond acceptors (Lipinski definition) is 8. The van der Waals surface area contributed by atoms with Crippen molar-refractivity contribution < 1.29 is 49.6 Å². The van der Waals surface area contributed by atoms with Gasteiger partial charge >= 0.3 is 12.7 Å². The molecule has 8 nitrogen and oxygen atoms in total. The monoisotopic (exact) mass is 769 g/mol. The molecule has 4 fully saturated rings. The van der Waals surface area contributed by atoms with Crippen LogP contribution >= 0.6 is 15.9 Å². The van der Waals surface area contributed by atoms with E-state index in [4.69, 9.17) is 13.8 Å². The van der Waals surface area contributed by atoms with Crippen LogP contribution in [0.25, 0.3) is 22.5 Å². The van der Waals surface area contributed by atoms with Crippen LogP contribution in [-0.4, -0.2) is 41.2 Å². The first-order chi connectivity index (χ1) is 24.0. The van der Waals surface area contributed by atoms with Crippen molar-refractivity contribution in [2.45, 2.75) is 106 Å². The predicted molar refractivity (Wildman–Crippen MR) is 172 cm³/mol. The van der Waals surface area contributed by atoms with Crippen LogP contribution in [0.5, 0.6) is 11.5 Å². The third kappa shape index (κ3) is 8.31. The zero-order chi connectivity index (χ0) is 35.0. The van der Waals surface area contributed by atoms with E-state index < -0.39 is 12.7 Å². The summed E-state index contributed by atoms with van der Waals surface area (Å²) >= 11 is 3.35. The van der Waals surface area contributed by atoms with Crippen molar-refractivity contribution in [2.75, 3.05) is 0 Å². The van der Waals surface area contributed by atoms with Crippen molar-refractivity contribution in [2.24, 2.45) is 0 Å². The number of halogens is 7. The van der Waals surface area contributed by atoms with E-state index in [1.807, 2.05) is 0 Å². The Bertz CT molecular complexity index is 1770. The lowest BCUT2D eigenvalue weighted by Crippen LogP contribution is -2.41. The van der Waals surface area contributed by atoms with E-state index in [1.165, 1.54) is 37.1 Å². The van der Waals surface area contributed by atoms with Gasteiger partial charge in [-0.2, -0.15) is 0 Å². The van der Waals surface area contributed by atoms with Crippen LogP contribution in [-0.2, 0) is 16.7 Å². The molecule has 8 rings (SSSR count). The molecular formula is C35H34BrF6N3O5. The van der Waals surface area contributed by atoms with Gasteiger partial charge in [-0.25, -0.2) is 0 Å². The summed E-state index contributed by atoms with van der Waals surface area (Å²) in [6.45, 7) is 0.287. The molecule has 3 atom stereocenters. The van der Waals surface area contributed by atoms with E-state index in [-0.39, 0.29) is 41.3 Å². The van der Waals surface area contributed by atoms with E-state index >= 15 is 0 Å². The fourth-order valence-corrected chi connectivity index (χ4v) is 7.30. The Balaban J connectivity index is 0.000000166. The van der Waals surface area contributed by atoms with Crippen LogP contribution in [0.15, 0.2) is 57.6 Å². The highest BCUT2D eigenvalue weighted by Crippen LogP contribution is 2.47. The lowest BCUT2D eigenvalue weighted by Gasteiger charge is -2.29. The highest BCUT2D eigenvalue weighted by atomic mass is 79.9. The molecule has 2 bridgehead atoms. The van der Waals surface area contributed by atoms with E-state index in [0.717, 1.165) is 61.2 Å². The number of rotatable bonds is 10. The van der Waals surface area contributed by atoms with Gasteiger partial charge in [-0.3, -0.25) is 0 Å². The average molecular weight is 771 g/mol. The number of fused-ring (bicyclic) bond motifs is 2. The van der Waals surface area contributed by atoms with Gasteiger partial charge in [-0.05, 0) is 75.6 Å². The largest absolute Gasteiger partial charge is 0.573 e. The first kappa shape index (κ1) is 34.9. The van der Waals surface area contributed by atoms with E-state index in [9.17, 15) is 26.3 Å². The molecule has 0 radical (unpaired) electrons. The molecule has 0 amide bonds. The number of para-hydroxylation sites is 2. The van der Waals surface area contributed by atoms with Gasteiger partial charge in [0.05, 0.1) is 12.7 Å². The molecule has 1 unspecified atom stereocenters. The van der Waals surface area contributed by atoms with Crippen LogP contribution < -0.4 is 14.8 Å². The maximum atomic E-state index is 12.9. The predicted octanol–water partition coefficient (Wildman–Crippen LogP) is 9.93. The highest BCUT2D eigenvalue weighted by Gasteiger charge is 2.38. The topological polar surface area (TPSA) is 91.8 Å². The standard InChI is InChI=1S/C21H23F3N2O3.C14H11BrF3NO2/c22-21(23,24)28-18-4-2-1-3-16(18)19-17(20(29-26-19)12-5-6-12)11-27-15-9-13-7-8-14(10-15)25-13;15-7-10-12(19-21-13(10)8-5-6-8)9-3-1-2-4-11(9)20-14(16,17)18/h1-4,12-15,25H,5-11H2;1-4,8H,5-7H2/t13-,14+,15?;. The molecule has 4 aromatic rings. The fourth-order valence-electron chi connectivity index (χ4n) is 6.76. The average Bonchev–Trinajstić information content (AvgIpc) is 3.99. The molecule has 2 saturated heterocycles. The molecule has 2 aromatic carbocycles. The Morgan fingerprint density at radius 3 is 1.60 bits per heavy atom. The molecule has 50 heavy (non-hydrogen) atoms. The zero-order valence-corrected chi connectivity index (χ0v) is 28.2. The molecule has 0 spiro atoms. The molecule has 4 heterocycles. The number of benzene rings is 2. The summed E-state index contributed by atoms with van der Waals surface area (Å²) in [6, 6.07) is 13.0. The lowest BCUT2D eigenvalue weighted by atomic mass is 10.0. The number of ether oxygens (including phenoxy) is 3. The summed E-state index contributed by atoms with van der Waals surface area (Å²) in [5.74, 6) is 1.53. The summed E-state index contributed by atoms with van der Waals surface area (Å²) in [4.78, 5) is 0. The van der Waals surface area contributed by atoms with Gasteiger partial charge in [-0.15, -0.1) is 26.3 Å². The van der Waals surface area contributed by atoms with E-state index in [2.05, 4.69) is 41.0 Å². The van der Waals surface area contributed by atoms with E-state index in [1.54, 1.807) is 24.3 Å². The fraction of sp³-hybridized carbons (Fsp3) is 0.486. The minimum absolute atomic E-state index is 0.144. The summed E-state index contributed by atoms with van der Waals surface area (Å²) in [6.07, 6.45) is -1.04. The second-order valence-electron chi connectivity index (χ2n) is 13.1. The number of nitrogens with one attached hydrogen (secondary N) is 1. The quantitative estimate of drug-likeness (QED) is 0.126. The van der Waals surface area contributed by atoms with Gasteiger partial charge in [0.1, 0.15) is 34.4 Å². The van der Waals surface area contributed by atoms with Gasteiger partial charge in [0.2, 0.25) is 0 Å². The molecular weight excluding hydrogens is 736 g/mol. The van der Waals surface area contributed by atoms with Crippen LogP contribution in [0, 0.1) is 0 Å². The number of aromatic nitrogens is 2. The lowest BCUT2D eigenvalue weighted by molar-refractivity contribution is -0.275. The SMILES string of the molecule is FC(F)(F)Oc1ccccc1-c1noc(C2CC2)c1CBr.FC(F)(F)Oc1ccccc1-c1noc(C2CC2)c1COC1C[C@H]2CC[C@@H](C1)N2. The normalized spacial score (nSPS) is 21.9. The highest BCUT2D eigenvalue weighted by molar-refractivity contribution is 9.08. The Labute approximate surface area is 291 Å². The molecule has 268 valence electrons. The van der Waals surface area contributed by atoms with Crippen LogP contribution in [0.2, 0.25) is 0 Å². The Morgan fingerprint density at radius 1 is 0.680 bits per heavy atom. The van der Waals surface area contributed by atoms with Crippen molar-refractivity contribution in [1.82, 2.24) is 15.6 Å². The smallest absolute Gasteiger partial charge is 0.405 e. The van der Waals surface area contributed by atoms with Crippen molar-refractivity contribution in [3.05, 3.63) is 71.2 Å². The first-order valence-electron chi connectivity index (χ1n) is 16.6. The first-order valence-corrected chi connectivity index (χ1v) is 17.7. The molecule has 4 aliphatic rings. The number of alkyl halides is 7. The second-order valence-corrected chi connectivity index (χ2v) is 13.6. The summed E-state index contributed by atoms with van der Waals surface area (Å²) in [5.41, 5.74) is 2.86. The Kier molecular flexibility index (Phi) is 9.92. The molecule has 2 saturated carbocycles. The molecule has 2 aliphatic heterocycles. The van der Waals surface area contributed by atoms with Gasteiger partial charge in [-0.1, -0.05) is 50.5 Å². The summed E-state index contributed by atoms with van der Waals surface area (Å²) in [7, 11) is 0. The van der Waals surface area contributed by atoms with Crippen LogP contribution in [0.1, 0.15) is 85.8 Å². The third-order valence-electron chi connectivity index (χ3n) is 9.30. The minimum atomic E-state index is -4.77. The van der Waals surface area contributed by atoms with Crippen molar-refractivity contribution >= 4 is 15.9 Å². The molecule has 2 aromatic heterocycles. The van der Waals surface area contributed by atoms with Gasteiger partial charge in [0.15, 0.2) is 0 Å². The van der Waals surface area contributed by atoms with Crippen LogP contribution in [0.4, 0.5) is 26.3 Å². The third-order valence-corrected chi connectivity index (χ3v) is 9.86. The van der Waals surface area contributed by atoms with Crippen molar-refractivity contribution in [3.63, 3.8) is 0 Å². The maximum Gasteiger partial charge on any atom is 0.573 e. The Morgan fingerprint density at radius 2 is 1.14 bits per heavy atom. The van der Waals surface area contributed by atoms with E-state index in [0.29, 0.717) is 34.7 Å². The minimum Gasteiger partial charge on any atom is -0.405 e. The summed E-state index contributed by atoms with van der Waals surface area (Å²) < 4.78 is 101. The number of nitrogens with zero attached hydrogens (tertiary/aromatic N) is 2. The molecule has 2 aliphatic carbocycles. The molecule has 1 N–H and O–H groups in total. The Hall–Kier alpha value is -3.56. The second kappa shape index (κ2) is 14.2. The van der Waals surface area contributed by atoms with Crippen LogP contribution in [0.3, 0.4) is 0 Å².